The van der Waals surface area contributed by atoms with Crippen molar-refractivity contribution in [3.8, 4) is 11.5 Å². The second-order valence-electron chi connectivity index (χ2n) is 6.90. The Labute approximate surface area is 155 Å². The van der Waals surface area contributed by atoms with Crippen LogP contribution in [-0.4, -0.2) is 41.6 Å². The minimum atomic E-state index is 0.0257. The van der Waals surface area contributed by atoms with Crippen LogP contribution in [0.4, 0.5) is 0 Å². The number of nitrogens with zero attached hydrogens (tertiary/aromatic N) is 2. The molecule has 5 heteroatoms. The quantitative estimate of drug-likeness (QED) is 0.794. The molecule has 5 nitrogen and oxygen atoms in total. The predicted octanol–water partition coefficient (Wildman–Crippen LogP) is 3.65. The van der Waals surface area contributed by atoms with Crippen molar-refractivity contribution in [2.45, 2.75) is 38.7 Å². The maximum Gasteiger partial charge on any atom is 0.260 e. The van der Waals surface area contributed by atoms with Crippen molar-refractivity contribution in [1.29, 1.82) is 0 Å². The molecule has 2 aromatic rings. The first kappa shape index (κ1) is 18.2. The summed E-state index contributed by atoms with van der Waals surface area (Å²) in [6, 6.07) is 11.7. The third-order valence-corrected chi connectivity index (χ3v) is 4.64. The van der Waals surface area contributed by atoms with E-state index in [4.69, 9.17) is 9.47 Å². The van der Waals surface area contributed by atoms with Crippen molar-refractivity contribution in [3.05, 3.63) is 54.4 Å². The van der Waals surface area contributed by atoms with Gasteiger partial charge in [0.2, 0.25) is 0 Å². The summed E-state index contributed by atoms with van der Waals surface area (Å²) in [6.45, 7) is 5.77. The summed E-state index contributed by atoms with van der Waals surface area (Å²) in [7, 11) is 0. The lowest BCUT2D eigenvalue weighted by atomic mass is 10.0. The zero-order chi connectivity index (χ0) is 18.4. The SMILES string of the molecule is CC(C)c1ccc(OCC(=O)N2CCC(Oc3cccnc3)CC2)cc1. The molecule has 0 aliphatic carbocycles. The minimum Gasteiger partial charge on any atom is -0.489 e. The Bertz CT molecular complexity index is 693. The number of benzene rings is 1. The number of hydrogen-bond donors (Lipinski definition) is 0. The maximum atomic E-state index is 12.4. The van der Waals surface area contributed by atoms with Crippen molar-refractivity contribution in [1.82, 2.24) is 9.88 Å². The molecule has 138 valence electrons. The molecule has 1 aliphatic heterocycles. The van der Waals surface area contributed by atoms with E-state index in [1.807, 2.05) is 41.3 Å². The first-order chi connectivity index (χ1) is 12.6. The van der Waals surface area contributed by atoms with Gasteiger partial charge in [-0.15, -0.1) is 0 Å². The van der Waals surface area contributed by atoms with Gasteiger partial charge in [-0.05, 0) is 35.7 Å². The molecule has 1 aromatic carbocycles. The summed E-state index contributed by atoms with van der Waals surface area (Å²) in [5.74, 6) is 2.03. The van der Waals surface area contributed by atoms with E-state index in [9.17, 15) is 4.79 Å². The largest absolute Gasteiger partial charge is 0.489 e. The Morgan fingerprint density at radius 3 is 2.50 bits per heavy atom. The summed E-state index contributed by atoms with van der Waals surface area (Å²) < 4.78 is 11.6. The van der Waals surface area contributed by atoms with Crippen LogP contribution in [0.25, 0.3) is 0 Å². The third kappa shape index (κ3) is 4.97. The first-order valence-electron chi connectivity index (χ1n) is 9.19. The van der Waals surface area contributed by atoms with Gasteiger partial charge in [-0.1, -0.05) is 26.0 Å². The van der Waals surface area contributed by atoms with Gasteiger partial charge in [0.1, 0.15) is 17.6 Å². The van der Waals surface area contributed by atoms with Gasteiger partial charge < -0.3 is 14.4 Å². The standard InChI is InChI=1S/C21H26N2O3/c1-16(2)17-5-7-18(8-6-17)25-15-21(24)23-12-9-19(10-13-23)26-20-4-3-11-22-14-20/h3-8,11,14,16,19H,9-10,12-13,15H2,1-2H3. The molecule has 1 aromatic heterocycles. The fourth-order valence-corrected chi connectivity index (χ4v) is 3.02. The van der Waals surface area contributed by atoms with Gasteiger partial charge in [-0.25, -0.2) is 0 Å². The summed E-state index contributed by atoms with van der Waals surface area (Å²) in [5, 5.41) is 0. The smallest absolute Gasteiger partial charge is 0.260 e. The molecular weight excluding hydrogens is 328 g/mol. The van der Waals surface area contributed by atoms with Crippen LogP contribution in [0.1, 0.15) is 38.2 Å². The molecule has 1 amide bonds. The number of hydrogen-bond acceptors (Lipinski definition) is 4. The molecule has 2 heterocycles. The van der Waals surface area contributed by atoms with Crippen LogP contribution in [0.15, 0.2) is 48.8 Å². The second kappa shape index (κ2) is 8.70. The average molecular weight is 354 g/mol. The van der Waals surface area contributed by atoms with Crippen LogP contribution in [0, 0.1) is 0 Å². The number of pyridine rings is 1. The number of amides is 1. The van der Waals surface area contributed by atoms with E-state index in [1.165, 1.54) is 5.56 Å². The molecule has 26 heavy (non-hydrogen) atoms. The minimum absolute atomic E-state index is 0.0257. The van der Waals surface area contributed by atoms with E-state index in [2.05, 4.69) is 18.8 Å². The van der Waals surface area contributed by atoms with Gasteiger partial charge in [0, 0.05) is 32.1 Å². The van der Waals surface area contributed by atoms with Gasteiger partial charge in [-0.2, -0.15) is 0 Å². The number of ether oxygens (including phenoxy) is 2. The van der Waals surface area contributed by atoms with E-state index in [0.717, 1.165) is 24.3 Å². The normalized spacial score (nSPS) is 15.1. The molecule has 0 radical (unpaired) electrons. The number of piperidine rings is 1. The van der Waals surface area contributed by atoms with Crippen LogP contribution < -0.4 is 9.47 Å². The molecule has 0 atom stereocenters. The topological polar surface area (TPSA) is 51.7 Å². The van der Waals surface area contributed by atoms with E-state index in [-0.39, 0.29) is 18.6 Å². The van der Waals surface area contributed by atoms with Gasteiger partial charge in [0.05, 0.1) is 6.20 Å². The van der Waals surface area contributed by atoms with E-state index >= 15 is 0 Å². The highest BCUT2D eigenvalue weighted by Crippen LogP contribution is 2.20. The van der Waals surface area contributed by atoms with Crippen molar-refractivity contribution in [2.24, 2.45) is 0 Å². The average Bonchev–Trinajstić information content (AvgIpc) is 2.68. The Kier molecular flexibility index (Phi) is 6.10. The van der Waals surface area contributed by atoms with Crippen molar-refractivity contribution < 1.29 is 14.3 Å². The lowest BCUT2D eigenvalue weighted by Gasteiger charge is -2.32. The molecule has 3 rings (SSSR count). The fraction of sp³-hybridized carbons (Fsp3) is 0.429. The number of likely N-dealkylation sites (tertiary alicyclic amines) is 1. The highest BCUT2D eigenvalue weighted by atomic mass is 16.5. The first-order valence-corrected chi connectivity index (χ1v) is 9.19. The lowest BCUT2D eigenvalue weighted by molar-refractivity contribution is -0.135. The zero-order valence-electron chi connectivity index (χ0n) is 15.4. The Morgan fingerprint density at radius 1 is 1.15 bits per heavy atom. The van der Waals surface area contributed by atoms with E-state index < -0.39 is 0 Å². The molecular formula is C21H26N2O3. The number of aromatic nitrogens is 1. The molecule has 0 N–H and O–H groups in total. The third-order valence-electron chi connectivity index (χ3n) is 4.64. The molecule has 0 saturated carbocycles. The molecule has 1 fully saturated rings. The second-order valence-corrected chi connectivity index (χ2v) is 6.90. The lowest BCUT2D eigenvalue weighted by Crippen LogP contribution is -2.43. The highest BCUT2D eigenvalue weighted by molar-refractivity contribution is 5.77. The van der Waals surface area contributed by atoms with Crippen molar-refractivity contribution in [2.75, 3.05) is 19.7 Å². The van der Waals surface area contributed by atoms with Gasteiger partial charge in [-0.3, -0.25) is 9.78 Å². The van der Waals surface area contributed by atoms with Crippen molar-refractivity contribution in [3.63, 3.8) is 0 Å². The van der Waals surface area contributed by atoms with Crippen LogP contribution >= 0.6 is 0 Å². The van der Waals surface area contributed by atoms with Gasteiger partial charge in [0.15, 0.2) is 6.61 Å². The van der Waals surface area contributed by atoms with E-state index in [0.29, 0.717) is 19.0 Å². The highest BCUT2D eigenvalue weighted by Gasteiger charge is 2.24. The van der Waals surface area contributed by atoms with Crippen LogP contribution in [-0.2, 0) is 4.79 Å². The predicted molar refractivity (Wildman–Crippen MR) is 100 cm³/mol. The summed E-state index contributed by atoms with van der Waals surface area (Å²) in [4.78, 5) is 18.3. The monoisotopic (exact) mass is 354 g/mol. The van der Waals surface area contributed by atoms with Crippen LogP contribution in [0.5, 0.6) is 11.5 Å². The zero-order valence-corrected chi connectivity index (χ0v) is 15.4. The van der Waals surface area contributed by atoms with Crippen LogP contribution in [0.2, 0.25) is 0 Å². The molecule has 1 aliphatic rings. The molecule has 1 saturated heterocycles. The fourth-order valence-electron chi connectivity index (χ4n) is 3.02. The number of carbonyl (C=O) groups is 1. The van der Waals surface area contributed by atoms with Gasteiger partial charge in [0.25, 0.3) is 5.91 Å². The Hall–Kier alpha value is -2.56. The molecule has 0 bridgehead atoms. The van der Waals surface area contributed by atoms with Crippen molar-refractivity contribution >= 4 is 5.91 Å². The Morgan fingerprint density at radius 2 is 1.88 bits per heavy atom. The number of carbonyl (C=O) groups excluding carboxylic acids is 1. The van der Waals surface area contributed by atoms with Gasteiger partial charge >= 0.3 is 0 Å². The Balaban J connectivity index is 1.42. The van der Waals surface area contributed by atoms with Crippen LogP contribution in [0.3, 0.4) is 0 Å². The van der Waals surface area contributed by atoms with E-state index in [1.54, 1.807) is 12.4 Å². The molecule has 0 unspecified atom stereocenters. The maximum absolute atomic E-state index is 12.4. The summed E-state index contributed by atoms with van der Waals surface area (Å²) in [6.07, 6.45) is 5.22. The number of rotatable bonds is 6. The summed E-state index contributed by atoms with van der Waals surface area (Å²) >= 11 is 0. The summed E-state index contributed by atoms with van der Waals surface area (Å²) in [5.41, 5.74) is 1.26. The molecule has 0 spiro atoms.